The Bertz CT molecular complexity index is 1010. The number of carbonyl (C=O) groups is 1. The van der Waals surface area contributed by atoms with Crippen LogP contribution < -0.4 is 11.1 Å². The number of thiophene rings is 2. The third-order valence-corrected chi connectivity index (χ3v) is 8.01. The van der Waals surface area contributed by atoms with E-state index in [0.29, 0.717) is 5.15 Å². The van der Waals surface area contributed by atoms with Crippen LogP contribution >= 0.6 is 50.2 Å². The van der Waals surface area contributed by atoms with Crippen LogP contribution in [-0.4, -0.2) is 33.8 Å². The number of carboxylic acid groups (broad SMARTS) is 1. The molecule has 29 heavy (non-hydrogen) atoms. The van der Waals surface area contributed by atoms with Crippen molar-refractivity contribution in [1.82, 2.24) is 4.98 Å². The van der Waals surface area contributed by atoms with Crippen LogP contribution in [0.3, 0.4) is 0 Å². The molecule has 0 fully saturated rings. The molecule has 4 rings (SSSR count). The average Bonchev–Trinajstić information content (AvgIpc) is 3.32. The van der Waals surface area contributed by atoms with Crippen molar-refractivity contribution >= 4 is 72.6 Å². The van der Waals surface area contributed by atoms with Crippen LogP contribution in [0.15, 0.2) is 40.2 Å². The first kappa shape index (κ1) is 22.2. The molecule has 0 saturated heterocycles. The Morgan fingerprint density at radius 1 is 1.48 bits per heavy atom. The number of halogens is 2. The van der Waals surface area contributed by atoms with Gasteiger partial charge in [-0.2, -0.15) is 0 Å². The second-order valence-corrected chi connectivity index (χ2v) is 9.59. The van der Waals surface area contributed by atoms with Crippen molar-refractivity contribution in [3.8, 4) is 0 Å². The van der Waals surface area contributed by atoms with Crippen LogP contribution in [0.5, 0.6) is 0 Å². The quantitative estimate of drug-likeness (QED) is 0.225. The highest BCUT2D eigenvalue weighted by atomic mass is 79.9. The molecule has 3 aromatic rings. The van der Waals surface area contributed by atoms with Gasteiger partial charge in [-0.1, -0.05) is 29.8 Å². The predicted octanol–water partition coefficient (Wildman–Crippen LogP) is 4.82. The fraction of sp³-hybridized carbons (Fsp3) is 0.263. The lowest BCUT2D eigenvalue weighted by molar-refractivity contribution is -0.122. The maximum absolute atomic E-state index is 10.1. The van der Waals surface area contributed by atoms with Gasteiger partial charge in [0.05, 0.1) is 26.5 Å². The summed E-state index contributed by atoms with van der Waals surface area (Å²) in [6.45, 7) is 0.488. The summed E-state index contributed by atoms with van der Waals surface area (Å²) < 4.78 is 1.96. The zero-order valence-corrected chi connectivity index (χ0v) is 19.1. The molecule has 0 spiro atoms. The van der Waals surface area contributed by atoms with Gasteiger partial charge in [-0.3, -0.25) is 4.79 Å². The normalized spacial score (nSPS) is 20.9. The minimum atomic E-state index is -0.626. The van der Waals surface area contributed by atoms with E-state index in [1.54, 1.807) is 28.7 Å². The molecule has 6 nitrogen and oxygen atoms in total. The number of aliphatic hydroxyl groups excluding tert-OH is 1. The number of nitrogens with zero attached hydrogens (tertiary/aromatic N) is 1. The topological polar surface area (TPSA) is 108 Å². The van der Waals surface area contributed by atoms with E-state index < -0.39 is 6.10 Å². The molecule has 10 heteroatoms. The van der Waals surface area contributed by atoms with E-state index >= 15 is 0 Å². The number of nitrogens with one attached hydrogen (secondary N) is 1. The number of hydrogen-bond donors (Lipinski definition) is 4. The van der Waals surface area contributed by atoms with E-state index in [4.69, 9.17) is 27.2 Å². The SMILES string of the molecule is N[C@@H]1[C@@H](O)C=CC[C@H]1c1sc2c(NCc3cccs3)cc(Cl)nc2c1Br.O=CO. The third-order valence-electron chi connectivity index (χ3n) is 4.53. The molecule has 0 aliphatic heterocycles. The highest BCUT2D eigenvalue weighted by Gasteiger charge is 2.31. The standard InChI is InChI=1S/C18H17BrClN3OS2.CH2O2/c19-14-16-18(26-17(14)10-4-1-5-12(24)15(10)21)11(7-13(20)23-16)22-8-9-3-2-6-25-9;2-1-3/h1-3,5-7,10,12,15,24H,4,8,21H2,(H,22,23);1H,(H,2,3)/t10-,12+,15+;/m1./s1. The fourth-order valence-electron chi connectivity index (χ4n) is 3.16. The third kappa shape index (κ3) is 4.99. The monoisotopic (exact) mass is 515 g/mol. The molecule has 5 N–H and O–H groups in total. The lowest BCUT2D eigenvalue weighted by Gasteiger charge is -2.28. The zero-order chi connectivity index (χ0) is 21.0. The molecule has 3 atom stereocenters. The number of fused-ring (bicyclic) bond motifs is 1. The van der Waals surface area contributed by atoms with Gasteiger partial charge >= 0.3 is 0 Å². The molecule has 3 aromatic heterocycles. The first-order valence-corrected chi connectivity index (χ1v) is 11.6. The number of rotatable bonds is 4. The predicted molar refractivity (Wildman–Crippen MR) is 123 cm³/mol. The van der Waals surface area contributed by atoms with Crippen molar-refractivity contribution in [2.45, 2.75) is 31.0 Å². The highest BCUT2D eigenvalue weighted by molar-refractivity contribution is 9.10. The maximum Gasteiger partial charge on any atom is 0.290 e. The summed E-state index contributed by atoms with van der Waals surface area (Å²) in [5.41, 5.74) is 8.06. The van der Waals surface area contributed by atoms with Crippen molar-refractivity contribution in [1.29, 1.82) is 0 Å². The minimum absolute atomic E-state index is 0.0486. The summed E-state index contributed by atoms with van der Waals surface area (Å²) in [5, 5.41) is 23.0. The number of anilines is 1. The van der Waals surface area contributed by atoms with Gasteiger partial charge in [-0.05, 0) is 33.8 Å². The van der Waals surface area contributed by atoms with E-state index in [-0.39, 0.29) is 18.4 Å². The van der Waals surface area contributed by atoms with Gasteiger partial charge in [0.15, 0.2) is 0 Å². The summed E-state index contributed by atoms with van der Waals surface area (Å²) in [6, 6.07) is 5.67. The molecule has 0 amide bonds. The Balaban J connectivity index is 0.000000755. The molecular formula is C19H19BrClN3O3S2. The molecule has 0 aromatic carbocycles. The number of aromatic nitrogens is 1. The number of pyridine rings is 1. The lowest BCUT2D eigenvalue weighted by Crippen LogP contribution is -2.40. The molecule has 0 unspecified atom stereocenters. The lowest BCUT2D eigenvalue weighted by atomic mass is 9.86. The van der Waals surface area contributed by atoms with E-state index in [2.05, 4.69) is 37.7 Å². The Morgan fingerprint density at radius 2 is 2.24 bits per heavy atom. The Labute approximate surface area is 189 Å². The summed E-state index contributed by atoms with van der Waals surface area (Å²) in [6.07, 6.45) is 3.94. The van der Waals surface area contributed by atoms with Gasteiger partial charge in [0.1, 0.15) is 5.15 Å². The van der Waals surface area contributed by atoms with Gasteiger partial charge < -0.3 is 21.3 Å². The van der Waals surface area contributed by atoms with Crippen molar-refractivity contribution < 1.29 is 15.0 Å². The van der Waals surface area contributed by atoms with Crippen LogP contribution in [0.2, 0.25) is 5.15 Å². The van der Waals surface area contributed by atoms with E-state index in [1.807, 2.05) is 18.2 Å². The van der Waals surface area contributed by atoms with Crippen LogP contribution in [0.25, 0.3) is 10.2 Å². The fourth-order valence-corrected chi connectivity index (χ4v) is 6.25. The van der Waals surface area contributed by atoms with Crippen molar-refractivity contribution in [3.63, 3.8) is 0 Å². The van der Waals surface area contributed by atoms with E-state index in [9.17, 15) is 5.11 Å². The number of nitrogens with two attached hydrogens (primary N) is 1. The summed E-state index contributed by atoms with van der Waals surface area (Å²) >= 11 is 13.3. The van der Waals surface area contributed by atoms with E-state index in [0.717, 1.165) is 38.2 Å². The zero-order valence-electron chi connectivity index (χ0n) is 15.1. The Morgan fingerprint density at radius 3 is 2.93 bits per heavy atom. The molecule has 0 radical (unpaired) electrons. The van der Waals surface area contributed by atoms with Crippen LogP contribution in [0, 0.1) is 0 Å². The van der Waals surface area contributed by atoms with Crippen LogP contribution in [-0.2, 0) is 11.3 Å². The number of aliphatic hydroxyl groups is 1. The minimum Gasteiger partial charge on any atom is -0.483 e. The second kappa shape index (κ2) is 10.0. The largest absolute Gasteiger partial charge is 0.483 e. The molecule has 3 heterocycles. The van der Waals surface area contributed by atoms with Gasteiger partial charge in [0, 0.05) is 34.3 Å². The van der Waals surface area contributed by atoms with Crippen molar-refractivity contribution in [3.05, 3.63) is 55.1 Å². The highest BCUT2D eigenvalue weighted by Crippen LogP contribution is 2.45. The molecule has 0 bridgehead atoms. The van der Waals surface area contributed by atoms with Gasteiger partial charge in [-0.25, -0.2) is 4.98 Å². The van der Waals surface area contributed by atoms with Crippen LogP contribution in [0.4, 0.5) is 5.69 Å². The maximum atomic E-state index is 10.1. The van der Waals surface area contributed by atoms with Crippen molar-refractivity contribution in [2.24, 2.45) is 5.73 Å². The number of allylic oxidation sites excluding steroid dienone is 1. The van der Waals surface area contributed by atoms with Crippen LogP contribution in [0.1, 0.15) is 22.1 Å². The first-order valence-electron chi connectivity index (χ1n) is 8.69. The molecule has 0 saturated carbocycles. The van der Waals surface area contributed by atoms with Gasteiger partial charge in [-0.15, -0.1) is 22.7 Å². The summed E-state index contributed by atoms with van der Waals surface area (Å²) in [4.78, 5) is 15.2. The van der Waals surface area contributed by atoms with Crippen molar-refractivity contribution in [2.75, 3.05) is 5.32 Å². The number of hydrogen-bond acceptors (Lipinski definition) is 7. The van der Waals surface area contributed by atoms with Gasteiger partial charge in [0.25, 0.3) is 6.47 Å². The molecule has 1 aliphatic carbocycles. The second-order valence-electron chi connectivity index (χ2n) is 6.33. The Kier molecular flexibility index (Phi) is 7.66. The summed E-state index contributed by atoms with van der Waals surface area (Å²) in [7, 11) is 0. The molecule has 1 aliphatic rings. The van der Waals surface area contributed by atoms with Gasteiger partial charge in [0.2, 0.25) is 0 Å². The summed E-state index contributed by atoms with van der Waals surface area (Å²) in [5.74, 6) is 0.0486. The van der Waals surface area contributed by atoms with E-state index in [1.165, 1.54) is 4.88 Å². The average molecular weight is 517 g/mol. The molecular weight excluding hydrogens is 498 g/mol. The molecule has 154 valence electrons. The Hall–Kier alpha value is -1.49. The smallest absolute Gasteiger partial charge is 0.290 e. The first-order chi connectivity index (χ1) is 14.0.